The zero-order chi connectivity index (χ0) is 13.1. The molecule has 0 aliphatic carbocycles. The van der Waals surface area contributed by atoms with Gasteiger partial charge >= 0.3 is 0 Å². The fourth-order valence-corrected chi connectivity index (χ4v) is 1.59. The number of anilines is 1. The monoisotopic (exact) mass is 256 g/mol. The van der Waals surface area contributed by atoms with Crippen molar-refractivity contribution in [3.63, 3.8) is 0 Å². The standard InChI is InChI=1S/C13H12N4O2/c14-9-3-5-10(6-4-9)19-8-12-15-13(17-16-12)11-2-1-7-18-11/h1-7H,8,14H2,(H,15,16,17). The van der Waals surface area contributed by atoms with Gasteiger partial charge < -0.3 is 14.9 Å². The molecule has 0 spiro atoms. The maximum Gasteiger partial charge on any atom is 0.217 e. The number of hydrogen-bond acceptors (Lipinski definition) is 5. The Morgan fingerprint density at radius 2 is 2.05 bits per heavy atom. The van der Waals surface area contributed by atoms with E-state index in [2.05, 4.69) is 15.2 Å². The molecular formula is C13H12N4O2. The molecule has 0 saturated carbocycles. The van der Waals surface area contributed by atoms with Crippen LogP contribution in [0.15, 0.2) is 47.1 Å². The van der Waals surface area contributed by atoms with E-state index in [1.54, 1.807) is 42.7 Å². The van der Waals surface area contributed by atoms with Crippen LogP contribution in [0.3, 0.4) is 0 Å². The molecule has 0 unspecified atom stereocenters. The van der Waals surface area contributed by atoms with Crippen molar-refractivity contribution in [1.29, 1.82) is 0 Å². The highest BCUT2D eigenvalue weighted by atomic mass is 16.5. The molecule has 0 bridgehead atoms. The zero-order valence-electron chi connectivity index (χ0n) is 10.0. The normalized spacial score (nSPS) is 10.5. The van der Waals surface area contributed by atoms with E-state index in [1.165, 1.54) is 0 Å². The summed E-state index contributed by atoms with van der Waals surface area (Å²) in [6.45, 7) is 0.303. The van der Waals surface area contributed by atoms with Gasteiger partial charge in [-0.25, -0.2) is 4.98 Å². The summed E-state index contributed by atoms with van der Waals surface area (Å²) in [6.07, 6.45) is 1.58. The summed E-state index contributed by atoms with van der Waals surface area (Å²) >= 11 is 0. The molecule has 2 aromatic heterocycles. The van der Waals surface area contributed by atoms with Crippen LogP contribution in [0, 0.1) is 0 Å². The van der Waals surface area contributed by atoms with Gasteiger partial charge in [-0.1, -0.05) is 0 Å². The van der Waals surface area contributed by atoms with Crippen LogP contribution < -0.4 is 10.5 Å². The van der Waals surface area contributed by atoms with E-state index in [4.69, 9.17) is 14.9 Å². The highest BCUT2D eigenvalue weighted by Gasteiger charge is 2.08. The number of nitrogen functional groups attached to an aromatic ring is 1. The number of benzene rings is 1. The lowest BCUT2D eigenvalue weighted by Gasteiger charge is -2.03. The first-order valence-electron chi connectivity index (χ1n) is 5.75. The molecule has 6 heteroatoms. The van der Waals surface area contributed by atoms with Gasteiger partial charge in [0.2, 0.25) is 5.82 Å². The lowest BCUT2D eigenvalue weighted by atomic mass is 10.3. The van der Waals surface area contributed by atoms with E-state index in [0.29, 0.717) is 29.7 Å². The molecule has 6 nitrogen and oxygen atoms in total. The largest absolute Gasteiger partial charge is 0.486 e. The minimum Gasteiger partial charge on any atom is -0.486 e. The molecule has 0 fully saturated rings. The van der Waals surface area contributed by atoms with Crippen LogP contribution in [0.5, 0.6) is 5.75 Å². The Morgan fingerprint density at radius 3 is 2.79 bits per heavy atom. The number of rotatable bonds is 4. The van der Waals surface area contributed by atoms with Crippen LogP contribution in [0.25, 0.3) is 11.6 Å². The van der Waals surface area contributed by atoms with E-state index in [0.717, 1.165) is 5.75 Å². The molecule has 0 atom stereocenters. The topological polar surface area (TPSA) is 90.0 Å². The summed E-state index contributed by atoms with van der Waals surface area (Å²) in [5.74, 6) is 2.49. The van der Waals surface area contributed by atoms with E-state index >= 15 is 0 Å². The molecular weight excluding hydrogens is 244 g/mol. The van der Waals surface area contributed by atoms with Crippen molar-refractivity contribution in [3.05, 3.63) is 48.5 Å². The lowest BCUT2D eigenvalue weighted by Crippen LogP contribution is -1.97. The minimum absolute atomic E-state index is 0.303. The summed E-state index contributed by atoms with van der Waals surface area (Å²) in [6, 6.07) is 10.8. The van der Waals surface area contributed by atoms with Crippen molar-refractivity contribution < 1.29 is 9.15 Å². The quantitative estimate of drug-likeness (QED) is 0.698. The lowest BCUT2D eigenvalue weighted by molar-refractivity contribution is 0.296. The Morgan fingerprint density at radius 1 is 1.21 bits per heavy atom. The van der Waals surface area contributed by atoms with Crippen molar-refractivity contribution in [1.82, 2.24) is 15.2 Å². The van der Waals surface area contributed by atoms with Gasteiger partial charge in [0.1, 0.15) is 12.4 Å². The first kappa shape index (κ1) is 11.3. The Hall–Kier alpha value is -2.76. The van der Waals surface area contributed by atoms with Gasteiger partial charge in [0.15, 0.2) is 11.6 Å². The maximum atomic E-state index is 5.60. The number of hydrogen-bond donors (Lipinski definition) is 2. The third kappa shape index (κ3) is 2.57. The second kappa shape index (κ2) is 4.85. The first-order chi connectivity index (χ1) is 9.31. The average molecular weight is 256 g/mol. The van der Waals surface area contributed by atoms with Crippen LogP contribution in [0.2, 0.25) is 0 Å². The van der Waals surface area contributed by atoms with E-state index in [1.807, 2.05) is 0 Å². The third-order valence-electron chi connectivity index (χ3n) is 2.53. The number of ether oxygens (including phenoxy) is 1. The molecule has 19 heavy (non-hydrogen) atoms. The number of nitrogens with two attached hydrogens (primary N) is 1. The number of aromatic amines is 1. The predicted molar refractivity (Wildman–Crippen MR) is 69.3 cm³/mol. The molecule has 2 heterocycles. The number of H-pyrrole nitrogens is 1. The van der Waals surface area contributed by atoms with Crippen molar-refractivity contribution in [2.75, 3.05) is 5.73 Å². The van der Waals surface area contributed by atoms with Gasteiger partial charge in [-0.05, 0) is 36.4 Å². The number of aromatic nitrogens is 3. The van der Waals surface area contributed by atoms with Crippen LogP contribution >= 0.6 is 0 Å². The summed E-state index contributed by atoms with van der Waals surface area (Å²) < 4.78 is 10.8. The van der Waals surface area contributed by atoms with Gasteiger partial charge in [0.05, 0.1) is 6.26 Å². The van der Waals surface area contributed by atoms with Crippen molar-refractivity contribution in [3.8, 4) is 17.3 Å². The van der Waals surface area contributed by atoms with Gasteiger partial charge in [-0.3, -0.25) is 5.10 Å². The van der Waals surface area contributed by atoms with E-state index in [-0.39, 0.29) is 0 Å². The van der Waals surface area contributed by atoms with Crippen LogP contribution in [-0.4, -0.2) is 15.2 Å². The SMILES string of the molecule is Nc1ccc(OCc2nc(-c3ccco3)n[nH]2)cc1. The molecule has 0 amide bonds. The predicted octanol–water partition coefficient (Wildman–Crippen LogP) is 2.23. The summed E-state index contributed by atoms with van der Waals surface area (Å²) in [5, 5.41) is 6.86. The smallest absolute Gasteiger partial charge is 0.217 e. The maximum absolute atomic E-state index is 5.60. The van der Waals surface area contributed by atoms with Gasteiger partial charge in [0.25, 0.3) is 0 Å². The first-order valence-corrected chi connectivity index (χ1v) is 5.75. The molecule has 3 rings (SSSR count). The van der Waals surface area contributed by atoms with E-state index in [9.17, 15) is 0 Å². The van der Waals surface area contributed by atoms with Gasteiger partial charge in [-0.15, -0.1) is 5.10 Å². The second-order valence-electron chi connectivity index (χ2n) is 3.94. The fraction of sp³-hybridized carbons (Fsp3) is 0.0769. The number of nitrogens with one attached hydrogen (secondary N) is 1. The van der Waals surface area contributed by atoms with Crippen LogP contribution in [-0.2, 0) is 6.61 Å². The van der Waals surface area contributed by atoms with Crippen LogP contribution in [0.1, 0.15) is 5.82 Å². The fourth-order valence-electron chi connectivity index (χ4n) is 1.59. The van der Waals surface area contributed by atoms with Crippen LogP contribution in [0.4, 0.5) is 5.69 Å². The molecule has 3 N–H and O–H groups in total. The Balaban J connectivity index is 1.66. The number of nitrogens with zero attached hydrogens (tertiary/aromatic N) is 2. The molecule has 0 radical (unpaired) electrons. The van der Waals surface area contributed by atoms with Gasteiger partial charge in [-0.2, -0.15) is 0 Å². The summed E-state index contributed by atoms with van der Waals surface area (Å²) in [7, 11) is 0. The molecule has 0 aliphatic heterocycles. The number of furan rings is 1. The molecule has 96 valence electrons. The van der Waals surface area contributed by atoms with Crippen molar-refractivity contribution >= 4 is 5.69 Å². The third-order valence-corrected chi connectivity index (χ3v) is 2.53. The molecule has 3 aromatic rings. The highest BCUT2D eigenvalue weighted by Crippen LogP contribution is 2.16. The Bertz CT molecular complexity index is 644. The Labute approximate surface area is 109 Å². The molecule has 1 aromatic carbocycles. The van der Waals surface area contributed by atoms with Crippen molar-refractivity contribution in [2.45, 2.75) is 6.61 Å². The molecule has 0 saturated heterocycles. The highest BCUT2D eigenvalue weighted by molar-refractivity contribution is 5.45. The zero-order valence-corrected chi connectivity index (χ0v) is 10.0. The summed E-state index contributed by atoms with van der Waals surface area (Å²) in [4.78, 5) is 4.28. The van der Waals surface area contributed by atoms with Crippen molar-refractivity contribution in [2.24, 2.45) is 0 Å². The average Bonchev–Trinajstić information content (AvgIpc) is 3.09. The second-order valence-corrected chi connectivity index (χ2v) is 3.94. The molecule has 0 aliphatic rings. The minimum atomic E-state index is 0.303. The Kier molecular flexibility index (Phi) is 2.89. The summed E-state index contributed by atoms with van der Waals surface area (Å²) in [5.41, 5.74) is 6.30. The van der Waals surface area contributed by atoms with Gasteiger partial charge in [0, 0.05) is 5.69 Å². The van der Waals surface area contributed by atoms with E-state index < -0.39 is 0 Å².